The third-order valence-electron chi connectivity index (χ3n) is 0.882. The number of hydrogen-bond acceptors (Lipinski definition) is 2. The molecule has 1 aromatic carbocycles. The summed E-state index contributed by atoms with van der Waals surface area (Å²) in [4.78, 5) is 0. The van der Waals surface area contributed by atoms with Gasteiger partial charge in [0.05, 0.1) is 0 Å². The summed E-state index contributed by atoms with van der Waals surface area (Å²) in [7, 11) is 0. The van der Waals surface area contributed by atoms with Crippen molar-refractivity contribution in [1.29, 1.82) is 0 Å². The largest absolute Gasteiger partial charge is 2.00 e. The molecule has 0 amide bonds. The molecule has 0 unspecified atom stereocenters. The number of halogens is 2. The fraction of sp³-hybridized carbons (Fsp3) is 0. The average molecular weight is 310 g/mol. The van der Waals surface area contributed by atoms with Gasteiger partial charge in [-0.15, -0.1) is 0 Å². The second-order valence-corrected chi connectivity index (χ2v) is 1.49. The molecule has 0 saturated carbocycles. The van der Waals surface area contributed by atoms with E-state index in [1.165, 1.54) is 12.1 Å². The Morgan fingerprint density at radius 3 is 1.27 bits per heavy atom. The molecular weight excluding hydrogens is 304 g/mol. The molecule has 2 N–H and O–H groups in total. The Hall–Kier alpha value is 1.04. The van der Waals surface area contributed by atoms with Crippen LogP contribution >= 0.6 is 0 Å². The molecule has 58 valence electrons. The topological polar surface area (TPSA) is 40.5 Å². The number of aromatic hydroxyl groups is 2. The van der Waals surface area contributed by atoms with Crippen LogP contribution in [0.5, 0.6) is 11.5 Å². The fourth-order valence-corrected chi connectivity index (χ4v) is 0.464. The molecule has 0 aliphatic rings. The van der Waals surface area contributed by atoms with Crippen LogP contribution in [0.25, 0.3) is 0 Å². The number of phenols is 2. The van der Waals surface area contributed by atoms with Crippen LogP contribution in [0.2, 0.25) is 0 Å². The molecule has 0 radical (unpaired) electrons. The second-order valence-electron chi connectivity index (χ2n) is 1.49. The zero-order valence-corrected chi connectivity index (χ0v) is 11.0. The molecule has 0 fully saturated rings. The molecular formula is C6H6Br2CaO2. The molecule has 5 heteroatoms. The van der Waals surface area contributed by atoms with E-state index in [1.54, 1.807) is 12.1 Å². The maximum Gasteiger partial charge on any atom is 2.00 e. The molecule has 0 aliphatic carbocycles. The molecule has 0 aromatic heterocycles. The van der Waals surface area contributed by atoms with E-state index >= 15 is 0 Å². The van der Waals surface area contributed by atoms with Gasteiger partial charge in [0.2, 0.25) is 0 Å². The van der Waals surface area contributed by atoms with Crippen LogP contribution in [-0.2, 0) is 0 Å². The van der Waals surface area contributed by atoms with E-state index in [9.17, 15) is 0 Å². The predicted octanol–water partition coefficient (Wildman–Crippen LogP) is -5.27. The smallest absolute Gasteiger partial charge is 1.00 e. The maximum absolute atomic E-state index is 8.67. The van der Waals surface area contributed by atoms with Gasteiger partial charge >= 0.3 is 37.7 Å². The quantitative estimate of drug-likeness (QED) is 0.371. The van der Waals surface area contributed by atoms with Crippen molar-refractivity contribution in [1.82, 2.24) is 0 Å². The molecule has 11 heavy (non-hydrogen) atoms. The van der Waals surface area contributed by atoms with Crippen molar-refractivity contribution in [2.75, 3.05) is 0 Å². The summed E-state index contributed by atoms with van der Waals surface area (Å²) in [6.07, 6.45) is 0. The number of phenolic OH excluding ortho intramolecular Hbond substituents is 2. The first-order valence-corrected chi connectivity index (χ1v) is 2.27. The maximum atomic E-state index is 8.67. The van der Waals surface area contributed by atoms with E-state index in [1.807, 2.05) is 0 Å². The molecule has 0 saturated heterocycles. The first-order valence-electron chi connectivity index (χ1n) is 2.27. The summed E-state index contributed by atoms with van der Waals surface area (Å²) in [5, 5.41) is 17.3. The number of hydrogen-bond donors (Lipinski definition) is 2. The third kappa shape index (κ3) is 6.22. The Labute approximate surface area is 116 Å². The Kier molecular flexibility index (Phi) is 14.9. The fourth-order valence-electron chi connectivity index (χ4n) is 0.464. The van der Waals surface area contributed by atoms with Crippen molar-refractivity contribution in [3.8, 4) is 11.5 Å². The van der Waals surface area contributed by atoms with E-state index in [-0.39, 0.29) is 83.2 Å². The molecule has 0 spiro atoms. The van der Waals surface area contributed by atoms with Gasteiger partial charge in [-0.05, 0) is 12.1 Å². The van der Waals surface area contributed by atoms with Gasteiger partial charge in [-0.2, -0.15) is 0 Å². The first kappa shape index (κ1) is 18.0. The van der Waals surface area contributed by atoms with Crippen LogP contribution in [0.15, 0.2) is 24.3 Å². The van der Waals surface area contributed by atoms with Crippen LogP contribution < -0.4 is 34.0 Å². The Bertz CT molecular complexity index is 175. The van der Waals surface area contributed by atoms with E-state index in [4.69, 9.17) is 10.2 Å². The standard InChI is InChI=1S/C6H6O2.2BrH.Ca/c7-5-3-1-2-4-6(5)8;;;/h1-4,7-8H;2*1H;/q;;;+2/p-2. The monoisotopic (exact) mass is 308 g/mol. The Morgan fingerprint density at radius 2 is 1.09 bits per heavy atom. The minimum Gasteiger partial charge on any atom is -1.00 e. The zero-order chi connectivity index (χ0) is 5.98. The molecule has 0 aliphatic heterocycles. The number of benzene rings is 1. The van der Waals surface area contributed by atoms with Gasteiger partial charge < -0.3 is 44.2 Å². The van der Waals surface area contributed by atoms with Gasteiger partial charge in [0.15, 0.2) is 11.5 Å². The zero-order valence-electron chi connectivity index (χ0n) is 5.67. The number of rotatable bonds is 0. The minimum atomic E-state index is -0.0764. The molecule has 1 aromatic rings. The van der Waals surface area contributed by atoms with Gasteiger partial charge in [-0.3, -0.25) is 0 Å². The van der Waals surface area contributed by atoms with Crippen molar-refractivity contribution < 1.29 is 44.2 Å². The molecule has 0 atom stereocenters. The number of para-hydroxylation sites is 2. The minimum absolute atomic E-state index is 0. The summed E-state index contributed by atoms with van der Waals surface area (Å²) >= 11 is 0. The third-order valence-corrected chi connectivity index (χ3v) is 0.882. The van der Waals surface area contributed by atoms with Crippen LogP contribution in [0, 0.1) is 0 Å². The van der Waals surface area contributed by atoms with Gasteiger partial charge in [-0.1, -0.05) is 12.1 Å². The molecule has 0 bridgehead atoms. The van der Waals surface area contributed by atoms with Crippen molar-refractivity contribution in [3.63, 3.8) is 0 Å². The Morgan fingerprint density at radius 1 is 0.818 bits per heavy atom. The summed E-state index contributed by atoms with van der Waals surface area (Å²) in [5.74, 6) is -0.153. The Balaban J connectivity index is -0.000000213. The van der Waals surface area contributed by atoms with Crippen molar-refractivity contribution in [2.24, 2.45) is 0 Å². The van der Waals surface area contributed by atoms with E-state index in [0.29, 0.717) is 0 Å². The van der Waals surface area contributed by atoms with Crippen molar-refractivity contribution in [2.45, 2.75) is 0 Å². The summed E-state index contributed by atoms with van der Waals surface area (Å²) in [6.45, 7) is 0. The van der Waals surface area contributed by atoms with Crippen LogP contribution in [0.3, 0.4) is 0 Å². The molecule has 1 rings (SSSR count). The summed E-state index contributed by atoms with van der Waals surface area (Å²) < 4.78 is 0. The summed E-state index contributed by atoms with van der Waals surface area (Å²) in [5.41, 5.74) is 0. The van der Waals surface area contributed by atoms with Crippen LogP contribution in [0.4, 0.5) is 0 Å². The van der Waals surface area contributed by atoms with E-state index in [0.717, 1.165) is 0 Å². The summed E-state index contributed by atoms with van der Waals surface area (Å²) in [6, 6.07) is 6.15. The first-order chi connectivity index (χ1) is 3.80. The SMILES string of the molecule is Oc1ccccc1O.[Br-].[Br-].[Ca+2]. The van der Waals surface area contributed by atoms with Crippen molar-refractivity contribution in [3.05, 3.63) is 24.3 Å². The average Bonchev–Trinajstić information content (AvgIpc) is 1.77. The second kappa shape index (κ2) is 9.13. The van der Waals surface area contributed by atoms with Crippen molar-refractivity contribution >= 4 is 37.7 Å². The molecule has 2 nitrogen and oxygen atoms in total. The van der Waals surface area contributed by atoms with Crippen LogP contribution in [-0.4, -0.2) is 48.0 Å². The molecule has 0 heterocycles. The van der Waals surface area contributed by atoms with Gasteiger partial charge in [-0.25, -0.2) is 0 Å². The van der Waals surface area contributed by atoms with Gasteiger partial charge in [0.1, 0.15) is 0 Å². The normalized spacial score (nSPS) is 6.55. The van der Waals surface area contributed by atoms with Gasteiger partial charge in [0.25, 0.3) is 0 Å². The van der Waals surface area contributed by atoms with E-state index in [2.05, 4.69) is 0 Å². The van der Waals surface area contributed by atoms with E-state index < -0.39 is 0 Å². The van der Waals surface area contributed by atoms with Crippen LogP contribution in [0.1, 0.15) is 0 Å². The predicted molar refractivity (Wildman–Crippen MR) is 35.5 cm³/mol. The van der Waals surface area contributed by atoms with Gasteiger partial charge in [0, 0.05) is 0 Å².